The summed E-state index contributed by atoms with van der Waals surface area (Å²) in [7, 11) is 0. The molecule has 16 heavy (non-hydrogen) atoms. The van der Waals surface area contributed by atoms with Crippen molar-refractivity contribution >= 4 is 29.0 Å². The normalized spacial score (nSPS) is 10.7. The number of hydrogen-bond acceptors (Lipinski definition) is 2. The molecule has 0 aliphatic heterocycles. The van der Waals surface area contributed by atoms with Crippen LogP contribution in [0.3, 0.4) is 0 Å². The predicted octanol–water partition coefficient (Wildman–Crippen LogP) is 2.96. The molecule has 0 aliphatic carbocycles. The van der Waals surface area contributed by atoms with Crippen LogP contribution in [0.4, 0.5) is 10.2 Å². The Bertz CT molecular complexity index is 505. The Hall–Kier alpha value is -1.26. The Morgan fingerprint density at radius 2 is 2.06 bits per heavy atom. The zero-order valence-corrected chi connectivity index (χ0v) is 9.63. The zero-order chi connectivity index (χ0) is 11.7. The molecule has 84 valence electrons. The van der Waals surface area contributed by atoms with Crippen LogP contribution in [0.25, 0.3) is 0 Å². The molecule has 0 spiro atoms. The van der Waals surface area contributed by atoms with E-state index >= 15 is 0 Å². The van der Waals surface area contributed by atoms with Crippen LogP contribution in [0.2, 0.25) is 10.0 Å². The van der Waals surface area contributed by atoms with Gasteiger partial charge in [-0.05, 0) is 17.7 Å². The quantitative estimate of drug-likeness (QED) is 0.902. The van der Waals surface area contributed by atoms with Crippen LogP contribution < -0.4 is 5.73 Å². The van der Waals surface area contributed by atoms with Crippen molar-refractivity contribution in [3.05, 3.63) is 45.8 Å². The SMILES string of the molecule is Nc1nn(Cc2ccc(Cl)c(F)c2)cc1Cl. The van der Waals surface area contributed by atoms with Gasteiger partial charge in [0.25, 0.3) is 0 Å². The fourth-order valence-electron chi connectivity index (χ4n) is 1.32. The van der Waals surface area contributed by atoms with E-state index in [2.05, 4.69) is 5.10 Å². The predicted molar refractivity (Wildman–Crippen MR) is 62.2 cm³/mol. The van der Waals surface area contributed by atoms with Crippen LogP contribution in [0.1, 0.15) is 5.56 Å². The fraction of sp³-hybridized carbons (Fsp3) is 0.100. The Morgan fingerprint density at radius 1 is 1.31 bits per heavy atom. The van der Waals surface area contributed by atoms with Gasteiger partial charge in [-0.2, -0.15) is 5.10 Å². The molecule has 0 atom stereocenters. The number of nitrogen functional groups attached to an aromatic ring is 1. The summed E-state index contributed by atoms with van der Waals surface area (Å²) in [5.41, 5.74) is 6.23. The Balaban J connectivity index is 2.23. The number of anilines is 1. The lowest BCUT2D eigenvalue weighted by molar-refractivity contribution is 0.620. The molecule has 2 rings (SSSR count). The first kappa shape index (κ1) is 11.2. The first-order valence-corrected chi connectivity index (χ1v) is 5.24. The van der Waals surface area contributed by atoms with Crippen molar-refractivity contribution in [3.8, 4) is 0 Å². The summed E-state index contributed by atoms with van der Waals surface area (Å²) in [4.78, 5) is 0. The van der Waals surface area contributed by atoms with Crippen LogP contribution >= 0.6 is 23.2 Å². The molecule has 2 aromatic rings. The Kier molecular flexibility index (Phi) is 3.03. The van der Waals surface area contributed by atoms with Gasteiger partial charge in [-0.15, -0.1) is 0 Å². The molecule has 1 aromatic carbocycles. The summed E-state index contributed by atoms with van der Waals surface area (Å²) in [6.07, 6.45) is 1.59. The summed E-state index contributed by atoms with van der Waals surface area (Å²) in [5, 5.41) is 4.45. The lowest BCUT2D eigenvalue weighted by Crippen LogP contribution is -2.01. The standard InChI is InChI=1S/C10H8Cl2FN3/c11-7-2-1-6(3-9(7)13)4-16-5-8(12)10(14)15-16/h1-3,5H,4H2,(H2,14,15). The van der Waals surface area contributed by atoms with E-state index in [1.807, 2.05) is 0 Å². The van der Waals surface area contributed by atoms with Crippen LogP contribution in [-0.2, 0) is 6.54 Å². The van der Waals surface area contributed by atoms with Crippen molar-refractivity contribution in [2.75, 3.05) is 5.73 Å². The van der Waals surface area contributed by atoms with Crippen molar-refractivity contribution < 1.29 is 4.39 Å². The third kappa shape index (κ3) is 2.28. The second-order valence-corrected chi connectivity index (χ2v) is 4.12. The second kappa shape index (κ2) is 4.31. The number of hydrogen-bond donors (Lipinski definition) is 1. The molecule has 0 aliphatic rings. The highest BCUT2D eigenvalue weighted by Gasteiger charge is 2.05. The molecule has 0 fully saturated rings. The van der Waals surface area contributed by atoms with E-state index in [1.165, 1.54) is 12.1 Å². The third-order valence-electron chi connectivity index (χ3n) is 2.07. The van der Waals surface area contributed by atoms with Gasteiger partial charge < -0.3 is 5.73 Å². The second-order valence-electron chi connectivity index (χ2n) is 3.31. The van der Waals surface area contributed by atoms with Crippen molar-refractivity contribution in [2.45, 2.75) is 6.54 Å². The molecule has 0 amide bonds. The number of nitrogens with two attached hydrogens (primary N) is 1. The van der Waals surface area contributed by atoms with Crippen LogP contribution in [0.15, 0.2) is 24.4 Å². The highest BCUT2D eigenvalue weighted by atomic mass is 35.5. The van der Waals surface area contributed by atoms with Gasteiger partial charge in [-0.25, -0.2) is 4.39 Å². The monoisotopic (exact) mass is 259 g/mol. The van der Waals surface area contributed by atoms with Gasteiger partial charge in [0.1, 0.15) is 10.8 Å². The Morgan fingerprint density at radius 3 is 2.62 bits per heavy atom. The van der Waals surface area contributed by atoms with Crippen LogP contribution in [0.5, 0.6) is 0 Å². The van der Waals surface area contributed by atoms with Crippen molar-refractivity contribution in [1.82, 2.24) is 9.78 Å². The van der Waals surface area contributed by atoms with Crippen molar-refractivity contribution in [3.63, 3.8) is 0 Å². The summed E-state index contributed by atoms with van der Waals surface area (Å²) in [6.45, 7) is 0.394. The molecule has 2 N–H and O–H groups in total. The minimum absolute atomic E-state index is 0.0989. The number of halogens is 3. The maximum atomic E-state index is 13.2. The van der Waals surface area contributed by atoms with Crippen LogP contribution in [-0.4, -0.2) is 9.78 Å². The van der Waals surface area contributed by atoms with E-state index in [9.17, 15) is 4.39 Å². The first-order valence-electron chi connectivity index (χ1n) is 4.48. The van der Waals surface area contributed by atoms with Gasteiger partial charge >= 0.3 is 0 Å². The minimum atomic E-state index is -0.453. The maximum Gasteiger partial charge on any atom is 0.164 e. The molecule has 0 saturated carbocycles. The molecular formula is C10H8Cl2FN3. The highest BCUT2D eigenvalue weighted by molar-refractivity contribution is 6.32. The topological polar surface area (TPSA) is 43.8 Å². The molecule has 0 unspecified atom stereocenters. The van der Waals surface area contributed by atoms with E-state index in [0.717, 1.165) is 5.56 Å². The average Bonchev–Trinajstić information content (AvgIpc) is 2.52. The van der Waals surface area contributed by atoms with Crippen LogP contribution in [0, 0.1) is 5.82 Å². The summed E-state index contributed by atoms with van der Waals surface area (Å²) >= 11 is 11.3. The number of benzene rings is 1. The van der Waals surface area contributed by atoms with Crippen molar-refractivity contribution in [1.29, 1.82) is 0 Å². The van der Waals surface area contributed by atoms with Gasteiger partial charge in [-0.1, -0.05) is 29.3 Å². The molecular weight excluding hydrogens is 252 g/mol. The van der Waals surface area contributed by atoms with Gasteiger partial charge in [-0.3, -0.25) is 4.68 Å². The number of rotatable bonds is 2. The van der Waals surface area contributed by atoms with Gasteiger partial charge in [0.15, 0.2) is 5.82 Å². The molecule has 6 heteroatoms. The maximum absolute atomic E-state index is 13.2. The molecule has 0 bridgehead atoms. The number of nitrogens with zero attached hydrogens (tertiary/aromatic N) is 2. The van der Waals surface area contributed by atoms with Gasteiger partial charge in [0.2, 0.25) is 0 Å². The fourth-order valence-corrected chi connectivity index (χ4v) is 1.59. The summed E-state index contributed by atoms with van der Waals surface area (Å²) in [5.74, 6) is -0.193. The largest absolute Gasteiger partial charge is 0.381 e. The average molecular weight is 260 g/mol. The van der Waals surface area contributed by atoms with E-state index in [-0.39, 0.29) is 10.8 Å². The lowest BCUT2D eigenvalue weighted by Gasteiger charge is -2.02. The third-order valence-corrected chi connectivity index (χ3v) is 2.67. The van der Waals surface area contributed by atoms with Gasteiger partial charge in [0.05, 0.1) is 11.6 Å². The zero-order valence-electron chi connectivity index (χ0n) is 8.12. The molecule has 1 aromatic heterocycles. The smallest absolute Gasteiger partial charge is 0.164 e. The molecule has 3 nitrogen and oxygen atoms in total. The molecule has 0 saturated heterocycles. The molecule has 0 radical (unpaired) electrons. The van der Waals surface area contributed by atoms with E-state index < -0.39 is 5.82 Å². The van der Waals surface area contributed by atoms with E-state index in [1.54, 1.807) is 16.9 Å². The highest BCUT2D eigenvalue weighted by Crippen LogP contribution is 2.18. The molecule has 1 heterocycles. The van der Waals surface area contributed by atoms with Gasteiger partial charge in [0, 0.05) is 6.20 Å². The summed E-state index contributed by atoms with van der Waals surface area (Å²) in [6, 6.07) is 4.58. The van der Waals surface area contributed by atoms with E-state index in [0.29, 0.717) is 11.6 Å². The van der Waals surface area contributed by atoms with E-state index in [4.69, 9.17) is 28.9 Å². The first-order chi connectivity index (χ1) is 7.56. The Labute approximate surface area is 102 Å². The van der Waals surface area contributed by atoms with Crippen molar-refractivity contribution in [2.24, 2.45) is 0 Å². The lowest BCUT2D eigenvalue weighted by atomic mass is 10.2. The minimum Gasteiger partial charge on any atom is -0.381 e. The number of aromatic nitrogens is 2. The summed E-state index contributed by atoms with van der Waals surface area (Å²) < 4.78 is 14.7.